The number of thioether (sulfide) groups is 1. The summed E-state index contributed by atoms with van der Waals surface area (Å²) < 4.78 is 0.566. The number of aromatic nitrogens is 5. The second-order valence-electron chi connectivity index (χ2n) is 7.40. The largest absolute Gasteiger partial charge is 0.397 e. The van der Waals surface area contributed by atoms with Gasteiger partial charge in [-0.15, -0.1) is 10.2 Å². The normalized spacial score (nSPS) is 15.4. The molecule has 1 amide bonds. The third kappa shape index (κ3) is 4.02. The second-order valence-corrected chi connectivity index (χ2v) is 9.07. The highest BCUT2D eigenvalue weighted by Crippen LogP contribution is 2.34. The van der Waals surface area contributed by atoms with Crippen molar-refractivity contribution >= 4 is 56.9 Å². The van der Waals surface area contributed by atoms with Crippen LogP contribution in [0.4, 0.5) is 5.69 Å². The van der Waals surface area contributed by atoms with E-state index in [1.165, 1.54) is 11.8 Å². The number of carbonyl (C=O) groups excluding carboxylic acids is 1. The first-order valence-electron chi connectivity index (χ1n) is 10.0. The monoisotopic (exact) mass is 461 g/mol. The molecule has 5 rings (SSSR count). The van der Waals surface area contributed by atoms with Gasteiger partial charge in [-0.05, 0) is 53.5 Å². The molecule has 4 aromatic rings. The van der Waals surface area contributed by atoms with E-state index in [1.807, 2.05) is 42.6 Å². The van der Waals surface area contributed by atoms with Crippen LogP contribution in [0, 0.1) is 0 Å². The summed E-state index contributed by atoms with van der Waals surface area (Å²) in [4.78, 5) is 18.3. The van der Waals surface area contributed by atoms with Crippen LogP contribution < -0.4 is 5.73 Å². The van der Waals surface area contributed by atoms with Crippen molar-refractivity contribution in [3.8, 4) is 11.1 Å². The highest BCUT2D eigenvalue weighted by atomic mass is 32.2. The fourth-order valence-corrected chi connectivity index (χ4v) is 5.01. The molecule has 1 aliphatic heterocycles. The number of nitrogen functional groups attached to an aromatic ring is 1. The minimum Gasteiger partial charge on any atom is -0.397 e. The second kappa shape index (κ2) is 8.56. The van der Waals surface area contributed by atoms with Gasteiger partial charge in [-0.1, -0.05) is 47.4 Å². The zero-order chi connectivity index (χ0) is 22.1. The molecule has 2 aromatic carbocycles. The average Bonchev–Trinajstić information content (AvgIpc) is 3.52. The van der Waals surface area contributed by atoms with Crippen molar-refractivity contribution in [3.05, 3.63) is 65.0 Å². The Morgan fingerprint density at radius 1 is 1.19 bits per heavy atom. The summed E-state index contributed by atoms with van der Waals surface area (Å²) >= 11 is 6.76. The Morgan fingerprint density at radius 3 is 2.94 bits per heavy atom. The molecule has 1 aliphatic rings. The van der Waals surface area contributed by atoms with Gasteiger partial charge in [0.25, 0.3) is 5.91 Å². The molecule has 0 saturated carbocycles. The van der Waals surface area contributed by atoms with E-state index in [1.54, 1.807) is 4.90 Å². The Kier molecular flexibility index (Phi) is 5.46. The molecule has 32 heavy (non-hydrogen) atoms. The SMILES string of the molecule is Nc1cc(-c2cccc(/C=C3\SC(=S)N(CCCc4nn[nH]n4)C3=O)c2)cc2cc[nH]c12. The van der Waals surface area contributed by atoms with Gasteiger partial charge in [0.2, 0.25) is 0 Å². The third-order valence-corrected chi connectivity index (χ3v) is 6.63. The van der Waals surface area contributed by atoms with Crippen LogP contribution in [0.1, 0.15) is 17.8 Å². The van der Waals surface area contributed by atoms with Gasteiger partial charge in [0.1, 0.15) is 4.32 Å². The molecule has 1 fully saturated rings. The smallest absolute Gasteiger partial charge is 0.266 e. The Hall–Kier alpha value is -3.50. The van der Waals surface area contributed by atoms with Gasteiger partial charge < -0.3 is 10.7 Å². The molecule has 8 nitrogen and oxygen atoms in total. The summed E-state index contributed by atoms with van der Waals surface area (Å²) in [5, 5.41) is 14.9. The molecule has 10 heteroatoms. The van der Waals surface area contributed by atoms with Crippen molar-refractivity contribution in [2.45, 2.75) is 12.8 Å². The lowest BCUT2D eigenvalue weighted by molar-refractivity contribution is -0.122. The first-order chi connectivity index (χ1) is 15.6. The van der Waals surface area contributed by atoms with E-state index < -0.39 is 0 Å². The number of hydrogen-bond donors (Lipinski definition) is 3. The van der Waals surface area contributed by atoms with Crippen molar-refractivity contribution < 1.29 is 4.79 Å². The van der Waals surface area contributed by atoms with Gasteiger partial charge in [-0.25, -0.2) is 0 Å². The molecule has 0 aliphatic carbocycles. The van der Waals surface area contributed by atoms with Crippen molar-refractivity contribution in [1.29, 1.82) is 0 Å². The van der Waals surface area contributed by atoms with Gasteiger partial charge in [0, 0.05) is 24.5 Å². The van der Waals surface area contributed by atoms with Crippen LogP contribution in [-0.2, 0) is 11.2 Å². The minimum atomic E-state index is -0.0727. The van der Waals surface area contributed by atoms with Crippen molar-refractivity contribution in [3.63, 3.8) is 0 Å². The van der Waals surface area contributed by atoms with Crippen molar-refractivity contribution in [2.24, 2.45) is 0 Å². The van der Waals surface area contributed by atoms with E-state index in [-0.39, 0.29) is 5.91 Å². The maximum Gasteiger partial charge on any atom is 0.266 e. The lowest BCUT2D eigenvalue weighted by Gasteiger charge is -2.13. The molecule has 0 spiro atoms. The molecule has 1 saturated heterocycles. The van der Waals surface area contributed by atoms with Crippen LogP contribution in [0.15, 0.2) is 53.6 Å². The topological polar surface area (TPSA) is 117 Å². The van der Waals surface area contributed by atoms with Crippen molar-refractivity contribution in [2.75, 3.05) is 12.3 Å². The summed E-state index contributed by atoms with van der Waals surface area (Å²) in [6.45, 7) is 0.520. The number of thiocarbonyl (C=S) groups is 1. The molecule has 160 valence electrons. The van der Waals surface area contributed by atoms with Crippen LogP contribution in [0.25, 0.3) is 28.1 Å². The summed E-state index contributed by atoms with van der Waals surface area (Å²) in [6.07, 6.45) is 5.10. The number of fused-ring (bicyclic) bond motifs is 1. The zero-order valence-corrected chi connectivity index (χ0v) is 18.5. The van der Waals surface area contributed by atoms with E-state index >= 15 is 0 Å². The Bertz CT molecular complexity index is 1340. The molecule has 0 unspecified atom stereocenters. The molecule has 0 atom stereocenters. The van der Waals surface area contributed by atoms with Crippen LogP contribution in [0.3, 0.4) is 0 Å². The minimum absolute atomic E-state index is 0.0727. The van der Waals surface area contributed by atoms with E-state index in [4.69, 9.17) is 18.0 Å². The third-order valence-electron chi connectivity index (χ3n) is 5.25. The first-order valence-corrected chi connectivity index (χ1v) is 11.3. The highest BCUT2D eigenvalue weighted by Gasteiger charge is 2.31. The number of anilines is 1. The van der Waals surface area contributed by atoms with Crippen LogP contribution in [-0.4, -0.2) is 47.3 Å². The number of aromatic amines is 2. The molecule has 3 heterocycles. The van der Waals surface area contributed by atoms with Gasteiger partial charge in [0.15, 0.2) is 5.82 Å². The van der Waals surface area contributed by atoms with E-state index in [9.17, 15) is 4.79 Å². The fourth-order valence-electron chi connectivity index (χ4n) is 3.70. The lowest BCUT2D eigenvalue weighted by atomic mass is 10.0. The van der Waals surface area contributed by atoms with Crippen LogP contribution in [0.5, 0.6) is 0 Å². The Morgan fingerprint density at radius 2 is 2.09 bits per heavy atom. The zero-order valence-electron chi connectivity index (χ0n) is 16.9. The van der Waals surface area contributed by atoms with Crippen LogP contribution >= 0.6 is 24.0 Å². The van der Waals surface area contributed by atoms with E-state index in [0.29, 0.717) is 40.1 Å². The number of hydrogen-bond acceptors (Lipinski definition) is 7. The number of rotatable bonds is 6. The summed E-state index contributed by atoms with van der Waals surface area (Å²) in [7, 11) is 0. The van der Waals surface area contributed by atoms with Gasteiger partial charge in [-0.3, -0.25) is 9.69 Å². The number of benzene rings is 2. The fraction of sp³-hybridized carbons (Fsp3) is 0.136. The molecular formula is C22H19N7OS2. The lowest BCUT2D eigenvalue weighted by Crippen LogP contribution is -2.29. The summed E-state index contributed by atoms with van der Waals surface area (Å²) in [5.74, 6) is 0.553. The molecule has 2 aromatic heterocycles. The van der Waals surface area contributed by atoms with Crippen LogP contribution in [0.2, 0.25) is 0 Å². The maximum atomic E-state index is 12.9. The number of amides is 1. The number of nitrogens with two attached hydrogens (primary N) is 1. The Labute approximate surface area is 193 Å². The number of H-pyrrole nitrogens is 2. The predicted octanol–water partition coefficient (Wildman–Crippen LogP) is 3.76. The number of tetrazole rings is 1. The van der Waals surface area contributed by atoms with E-state index in [0.717, 1.165) is 27.6 Å². The number of aryl methyl sites for hydroxylation is 1. The summed E-state index contributed by atoms with van der Waals surface area (Å²) in [6, 6.07) is 14.1. The van der Waals surface area contributed by atoms with E-state index in [2.05, 4.69) is 37.7 Å². The maximum absolute atomic E-state index is 12.9. The molecule has 0 bridgehead atoms. The summed E-state index contributed by atoms with van der Waals surface area (Å²) in [5.41, 5.74) is 10.8. The number of nitrogens with one attached hydrogen (secondary N) is 2. The molecule has 0 radical (unpaired) electrons. The van der Waals surface area contributed by atoms with Crippen molar-refractivity contribution in [1.82, 2.24) is 30.5 Å². The average molecular weight is 462 g/mol. The standard InChI is InChI=1S/C22H19N7OS2/c23-17-12-16(11-15-6-7-24-20(15)17)14-4-1-3-13(9-14)10-18-21(30)29(22(31)32-18)8-2-5-19-25-27-28-26-19/h1,3-4,6-7,9-12,24H,2,5,8,23H2,(H,25,26,27,28)/b18-10-. The van der Waals surface area contributed by atoms with Gasteiger partial charge in [-0.2, -0.15) is 5.21 Å². The molecular weight excluding hydrogens is 442 g/mol. The predicted molar refractivity (Wildman–Crippen MR) is 131 cm³/mol. The number of nitrogens with zero attached hydrogens (tertiary/aromatic N) is 4. The molecule has 4 N–H and O–H groups in total. The number of carbonyl (C=O) groups is 1. The highest BCUT2D eigenvalue weighted by molar-refractivity contribution is 8.26. The first kappa shape index (κ1) is 20.4. The van der Waals surface area contributed by atoms with Gasteiger partial charge in [0.05, 0.1) is 16.1 Å². The Balaban J connectivity index is 1.34. The van der Waals surface area contributed by atoms with Gasteiger partial charge >= 0.3 is 0 Å². The quantitative estimate of drug-likeness (QED) is 0.227.